The van der Waals surface area contributed by atoms with Crippen molar-refractivity contribution < 1.29 is 0 Å². The van der Waals surface area contributed by atoms with Gasteiger partial charge in [0.2, 0.25) is 0 Å². The summed E-state index contributed by atoms with van der Waals surface area (Å²) in [6, 6.07) is 9.22. The van der Waals surface area contributed by atoms with Crippen LogP contribution in [0.1, 0.15) is 25.0 Å². The minimum absolute atomic E-state index is 0.585. The summed E-state index contributed by atoms with van der Waals surface area (Å²) >= 11 is 0. The highest BCUT2D eigenvalue weighted by Crippen LogP contribution is 2.14. The lowest BCUT2D eigenvalue weighted by Gasteiger charge is -2.30. The number of aryl methyl sites for hydroxylation is 1. The molecule has 17 heavy (non-hydrogen) atoms. The van der Waals surface area contributed by atoms with Crippen molar-refractivity contribution in [1.29, 1.82) is 0 Å². The summed E-state index contributed by atoms with van der Waals surface area (Å²) in [6.07, 6.45) is 0. The Kier molecular flexibility index (Phi) is 5.66. The Balaban J connectivity index is 2.60. The fourth-order valence-corrected chi connectivity index (χ4v) is 2.13. The van der Waals surface area contributed by atoms with Crippen molar-refractivity contribution in [2.75, 3.05) is 20.6 Å². The Labute approximate surface area is 106 Å². The molecule has 96 valence electrons. The van der Waals surface area contributed by atoms with Crippen LogP contribution in [0.15, 0.2) is 24.3 Å². The highest BCUT2D eigenvalue weighted by Gasteiger charge is 2.16. The molecule has 0 bridgehead atoms. The fraction of sp³-hybridized carbons (Fsp3) is 0.600. The number of hydrogen-bond donors (Lipinski definition) is 1. The largest absolute Gasteiger partial charge is 0.319 e. The zero-order chi connectivity index (χ0) is 12.8. The number of nitrogens with one attached hydrogen (secondary N) is 1. The van der Waals surface area contributed by atoms with Gasteiger partial charge in [-0.25, -0.2) is 0 Å². The Morgan fingerprint density at radius 2 is 1.88 bits per heavy atom. The van der Waals surface area contributed by atoms with Gasteiger partial charge < -0.3 is 5.32 Å². The van der Waals surface area contributed by atoms with Gasteiger partial charge in [0.25, 0.3) is 0 Å². The molecule has 0 aromatic heterocycles. The maximum absolute atomic E-state index is 3.25. The lowest BCUT2D eigenvalue weighted by Crippen LogP contribution is -2.38. The van der Waals surface area contributed by atoms with E-state index in [9.17, 15) is 0 Å². The molecule has 1 aromatic carbocycles. The Morgan fingerprint density at radius 1 is 1.24 bits per heavy atom. The molecule has 0 amide bonds. The molecule has 0 saturated heterocycles. The summed E-state index contributed by atoms with van der Waals surface area (Å²) in [6.45, 7) is 8.89. The van der Waals surface area contributed by atoms with Crippen molar-refractivity contribution in [3.63, 3.8) is 0 Å². The lowest BCUT2D eigenvalue weighted by atomic mass is 10.0. The first-order valence-electron chi connectivity index (χ1n) is 6.45. The maximum Gasteiger partial charge on any atom is 0.0236 e. The van der Waals surface area contributed by atoms with E-state index in [0.717, 1.165) is 13.1 Å². The molecule has 2 nitrogen and oxygen atoms in total. The van der Waals surface area contributed by atoms with Crippen molar-refractivity contribution in [3.8, 4) is 0 Å². The molecule has 0 aliphatic rings. The predicted molar refractivity (Wildman–Crippen MR) is 75.2 cm³/mol. The lowest BCUT2D eigenvalue weighted by molar-refractivity contribution is 0.190. The van der Waals surface area contributed by atoms with E-state index in [1.165, 1.54) is 11.1 Å². The summed E-state index contributed by atoms with van der Waals surface area (Å²) in [7, 11) is 4.23. The van der Waals surface area contributed by atoms with Crippen molar-refractivity contribution >= 4 is 0 Å². The SMILES string of the molecule is CNCC(C)C(C)N(C)Cc1ccccc1C. The molecule has 0 spiro atoms. The molecular weight excluding hydrogens is 208 g/mol. The summed E-state index contributed by atoms with van der Waals surface area (Å²) in [5, 5.41) is 3.25. The molecule has 1 rings (SSSR count). The molecular formula is C15H26N2. The van der Waals surface area contributed by atoms with Gasteiger partial charge in [-0.3, -0.25) is 4.90 Å². The number of benzene rings is 1. The third kappa shape index (κ3) is 4.14. The average Bonchev–Trinajstić information content (AvgIpc) is 2.31. The van der Waals surface area contributed by atoms with Gasteiger partial charge in [-0.2, -0.15) is 0 Å². The highest BCUT2D eigenvalue weighted by atomic mass is 15.1. The van der Waals surface area contributed by atoms with Crippen molar-refractivity contribution in [3.05, 3.63) is 35.4 Å². The van der Waals surface area contributed by atoms with E-state index < -0.39 is 0 Å². The van der Waals surface area contributed by atoms with Crippen LogP contribution in [0.4, 0.5) is 0 Å². The summed E-state index contributed by atoms with van der Waals surface area (Å²) in [5.74, 6) is 0.661. The second kappa shape index (κ2) is 6.77. The van der Waals surface area contributed by atoms with Gasteiger partial charge in [0.05, 0.1) is 0 Å². The van der Waals surface area contributed by atoms with Crippen molar-refractivity contribution in [2.24, 2.45) is 5.92 Å². The molecule has 2 heteroatoms. The molecule has 0 saturated carbocycles. The molecule has 1 aromatic rings. The summed E-state index contributed by atoms with van der Waals surface area (Å²) in [4.78, 5) is 2.43. The molecule has 2 atom stereocenters. The van der Waals surface area contributed by atoms with Crippen LogP contribution in [-0.4, -0.2) is 31.6 Å². The topological polar surface area (TPSA) is 15.3 Å². The first-order chi connectivity index (χ1) is 8.06. The van der Waals surface area contributed by atoms with Gasteiger partial charge in [0, 0.05) is 12.6 Å². The first kappa shape index (κ1) is 14.2. The van der Waals surface area contributed by atoms with E-state index in [1.54, 1.807) is 0 Å². The molecule has 0 fully saturated rings. The number of nitrogens with zero attached hydrogens (tertiary/aromatic N) is 1. The maximum atomic E-state index is 3.25. The van der Waals surface area contributed by atoms with Gasteiger partial charge in [-0.15, -0.1) is 0 Å². The second-order valence-corrected chi connectivity index (χ2v) is 5.12. The van der Waals surface area contributed by atoms with Crippen LogP contribution < -0.4 is 5.32 Å². The molecule has 0 aliphatic heterocycles. The van der Waals surface area contributed by atoms with E-state index >= 15 is 0 Å². The third-order valence-corrected chi connectivity index (χ3v) is 3.73. The van der Waals surface area contributed by atoms with Gasteiger partial charge in [-0.05, 0) is 51.5 Å². The molecule has 0 radical (unpaired) electrons. The van der Waals surface area contributed by atoms with Crippen LogP contribution in [0.2, 0.25) is 0 Å². The van der Waals surface area contributed by atoms with Crippen LogP contribution in [0.5, 0.6) is 0 Å². The van der Waals surface area contributed by atoms with E-state index in [1.807, 2.05) is 7.05 Å². The minimum Gasteiger partial charge on any atom is -0.319 e. The van der Waals surface area contributed by atoms with Crippen LogP contribution >= 0.6 is 0 Å². The molecule has 0 aliphatic carbocycles. The minimum atomic E-state index is 0.585. The van der Waals surface area contributed by atoms with E-state index in [-0.39, 0.29) is 0 Å². The molecule has 2 unspecified atom stereocenters. The van der Waals surface area contributed by atoms with Crippen molar-refractivity contribution in [1.82, 2.24) is 10.2 Å². The van der Waals surface area contributed by atoms with Crippen LogP contribution in [0.25, 0.3) is 0 Å². The second-order valence-electron chi connectivity index (χ2n) is 5.12. The quantitative estimate of drug-likeness (QED) is 0.814. The van der Waals surface area contributed by atoms with Crippen LogP contribution in [0, 0.1) is 12.8 Å². The smallest absolute Gasteiger partial charge is 0.0236 e. The monoisotopic (exact) mass is 234 g/mol. The molecule has 0 heterocycles. The first-order valence-corrected chi connectivity index (χ1v) is 6.45. The predicted octanol–water partition coefficient (Wildman–Crippen LogP) is 2.67. The zero-order valence-corrected chi connectivity index (χ0v) is 11.8. The third-order valence-electron chi connectivity index (χ3n) is 3.73. The van der Waals surface area contributed by atoms with E-state index in [4.69, 9.17) is 0 Å². The van der Waals surface area contributed by atoms with Crippen LogP contribution in [-0.2, 0) is 6.54 Å². The van der Waals surface area contributed by atoms with E-state index in [0.29, 0.717) is 12.0 Å². The molecule has 1 N–H and O–H groups in total. The van der Waals surface area contributed by atoms with Crippen LogP contribution in [0.3, 0.4) is 0 Å². The Hall–Kier alpha value is -0.860. The van der Waals surface area contributed by atoms with Gasteiger partial charge in [0.1, 0.15) is 0 Å². The average molecular weight is 234 g/mol. The zero-order valence-electron chi connectivity index (χ0n) is 11.8. The summed E-state index contributed by atoms with van der Waals surface area (Å²) in [5.41, 5.74) is 2.81. The number of rotatable bonds is 6. The van der Waals surface area contributed by atoms with Gasteiger partial charge >= 0.3 is 0 Å². The van der Waals surface area contributed by atoms with Gasteiger partial charge in [-0.1, -0.05) is 31.2 Å². The van der Waals surface area contributed by atoms with Crippen molar-refractivity contribution in [2.45, 2.75) is 33.4 Å². The Morgan fingerprint density at radius 3 is 2.47 bits per heavy atom. The van der Waals surface area contributed by atoms with E-state index in [2.05, 4.69) is 62.3 Å². The number of hydrogen-bond acceptors (Lipinski definition) is 2. The van der Waals surface area contributed by atoms with Gasteiger partial charge in [0.15, 0.2) is 0 Å². The summed E-state index contributed by atoms with van der Waals surface area (Å²) < 4.78 is 0. The standard InChI is InChI=1S/C15H26N2/c1-12-8-6-7-9-15(12)11-17(5)14(3)13(2)10-16-4/h6-9,13-14,16H,10-11H2,1-5H3. The normalized spacial score (nSPS) is 14.9. The fourth-order valence-electron chi connectivity index (χ4n) is 2.13. The highest BCUT2D eigenvalue weighted by molar-refractivity contribution is 5.25. The Bertz CT molecular complexity index is 335.